The minimum atomic E-state index is -0.000537. The van der Waals surface area contributed by atoms with Gasteiger partial charge >= 0.3 is 0 Å². The first-order chi connectivity index (χ1) is 12.4. The largest absolute Gasteiger partial charge is 0.488 e. The fourth-order valence-electron chi connectivity index (χ4n) is 2.59. The van der Waals surface area contributed by atoms with Gasteiger partial charge in [-0.2, -0.15) is 5.10 Å². The van der Waals surface area contributed by atoms with Crippen molar-refractivity contribution in [2.45, 2.75) is 40.3 Å². The maximum Gasteiger partial charge on any atom is 0.191 e. The second-order valence-corrected chi connectivity index (χ2v) is 7.06. The van der Waals surface area contributed by atoms with E-state index in [1.807, 2.05) is 49.8 Å². The highest BCUT2D eigenvalue weighted by Gasteiger charge is 2.10. The Balaban J connectivity index is 0.00000364. The van der Waals surface area contributed by atoms with E-state index in [4.69, 9.17) is 9.73 Å². The summed E-state index contributed by atoms with van der Waals surface area (Å²) in [6.07, 6.45) is -0.000537. The summed E-state index contributed by atoms with van der Waals surface area (Å²) in [6, 6.07) is 7.86. The van der Waals surface area contributed by atoms with E-state index in [-0.39, 0.29) is 30.1 Å². The van der Waals surface area contributed by atoms with Crippen molar-refractivity contribution >= 4 is 45.9 Å². The quantitative estimate of drug-likeness (QED) is 0.312. The molecule has 0 saturated carbocycles. The molecular weight excluding hydrogens is 521 g/mol. The standard InChI is InChI=1S/C19H28BrN5O.HI/c1-6-21-19(23-12-16-14(3)24-25(5)15(16)4)22-11-13(2)26-18-10-8-7-9-17(18)20;/h7-10,13H,6,11-12H2,1-5H3,(H2,21,22,23);1H. The summed E-state index contributed by atoms with van der Waals surface area (Å²) in [5.41, 5.74) is 3.34. The van der Waals surface area contributed by atoms with Gasteiger partial charge < -0.3 is 15.4 Å². The van der Waals surface area contributed by atoms with Crippen LogP contribution in [0, 0.1) is 13.8 Å². The third-order valence-corrected chi connectivity index (χ3v) is 4.78. The number of para-hydroxylation sites is 1. The molecule has 2 N–H and O–H groups in total. The molecule has 1 heterocycles. The summed E-state index contributed by atoms with van der Waals surface area (Å²) in [7, 11) is 1.96. The average molecular weight is 550 g/mol. The van der Waals surface area contributed by atoms with E-state index in [9.17, 15) is 0 Å². The van der Waals surface area contributed by atoms with E-state index in [0.717, 1.165) is 34.1 Å². The first kappa shape index (κ1) is 23.7. The Morgan fingerprint density at radius 1 is 1.30 bits per heavy atom. The average Bonchev–Trinajstić information content (AvgIpc) is 2.85. The minimum absolute atomic E-state index is 0. The molecule has 27 heavy (non-hydrogen) atoms. The Labute approximate surface area is 187 Å². The third-order valence-electron chi connectivity index (χ3n) is 4.12. The van der Waals surface area contributed by atoms with Crippen LogP contribution < -0.4 is 15.4 Å². The number of aryl methyl sites for hydroxylation is 2. The molecule has 0 radical (unpaired) electrons. The van der Waals surface area contributed by atoms with Crippen LogP contribution in [0.3, 0.4) is 0 Å². The molecule has 1 aromatic carbocycles. The Bertz CT molecular complexity index is 763. The van der Waals surface area contributed by atoms with Crippen molar-refractivity contribution in [1.82, 2.24) is 20.4 Å². The van der Waals surface area contributed by atoms with Crippen molar-refractivity contribution in [2.24, 2.45) is 12.0 Å². The molecule has 150 valence electrons. The number of nitrogens with zero attached hydrogens (tertiary/aromatic N) is 3. The molecule has 6 nitrogen and oxygen atoms in total. The van der Waals surface area contributed by atoms with Crippen molar-refractivity contribution in [3.8, 4) is 5.75 Å². The smallest absolute Gasteiger partial charge is 0.191 e. The summed E-state index contributed by atoms with van der Waals surface area (Å²) >= 11 is 3.51. The predicted molar refractivity (Wildman–Crippen MR) is 125 cm³/mol. The van der Waals surface area contributed by atoms with Crippen LogP contribution in [0.15, 0.2) is 33.7 Å². The molecule has 0 bridgehead atoms. The van der Waals surface area contributed by atoms with Crippen LogP contribution in [-0.4, -0.2) is 34.9 Å². The zero-order chi connectivity index (χ0) is 19.1. The molecular formula is C19H29BrIN5O. The van der Waals surface area contributed by atoms with Crippen LogP contribution in [0.2, 0.25) is 0 Å². The summed E-state index contributed by atoms with van der Waals surface area (Å²) < 4.78 is 8.82. The first-order valence-electron chi connectivity index (χ1n) is 8.84. The van der Waals surface area contributed by atoms with Crippen molar-refractivity contribution in [1.29, 1.82) is 0 Å². The summed E-state index contributed by atoms with van der Waals surface area (Å²) in [4.78, 5) is 4.69. The van der Waals surface area contributed by atoms with E-state index in [2.05, 4.69) is 45.5 Å². The van der Waals surface area contributed by atoms with Gasteiger partial charge in [0, 0.05) is 24.8 Å². The number of ether oxygens (including phenoxy) is 1. The van der Waals surface area contributed by atoms with Gasteiger partial charge in [0.05, 0.1) is 23.3 Å². The Morgan fingerprint density at radius 3 is 2.59 bits per heavy atom. The fourth-order valence-corrected chi connectivity index (χ4v) is 2.96. The lowest BCUT2D eigenvalue weighted by atomic mass is 10.2. The van der Waals surface area contributed by atoms with Crippen LogP contribution in [0.1, 0.15) is 30.8 Å². The normalized spacial score (nSPS) is 12.3. The van der Waals surface area contributed by atoms with Gasteiger partial charge in [-0.15, -0.1) is 24.0 Å². The first-order valence-corrected chi connectivity index (χ1v) is 9.64. The zero-order valence-electron chi connectivity index (χ0n) is 16.5. The number of aliphatic imine (C=N–C) groups is 1. The minimum Gasteiger partial charge on any atom is -0.488 e. The number of hydrogen-bond acceptors (Lipinski definition) is 3. The third kappa shape index (κ3) is 6.99. The number of halogens is 2. The van der Waals surface area contributed by atoms with E-state index in [0.29, 0.717) is 13.1 Å². The molecule has 0 spiro atoms. The SMILES string of the molecule is CCNC(=NCc1c(C)nn(C)c1C)NCC(C)Oc1ccccc1Br.I. The van der Waals surface area contributed by atoms with Crippen molar-refractivity contribution in [3.63, 3.8) is 0 Å². The zero-order valence-corrected chi connectivity index (χ0v) is 20.5. The van der Waals surface area contributed by atoms with Crippen LogP contribution in [-0.2, 0) is 13.6 Å². The van der Waals surface area contributed by atoms with Crippen LogP contribution >= 0.6 is 39.9 Å². The van der Waals surface area contributed by atoms with Crippen LogP contribution in [0.25, 0.3) is 0 Å². The Hall–Kier alpha value is -1.29. The second-order valence-electron chi connectivity index (χ2n) is 6.21. The molecule has 1 aromatic heterocycles. The second kappa shape index (κ2) is 11.5. The van der Waals surface area contributed by atoms with Gasteiger partial charge in [-0.3, -0.25) is 4.68 Å². The van der Waals surface area contributed by atoms with Gasteiger partial charge in [-0.05, 0) is 55.8 Å². The highest BCUT2D eigenvalue weighted by atomic mass is 127. The number of aromatic nitrogens is 2. The molecule has 0 aliphatic carbocycles. The van der Waals surface area contributed by atoms with Gasteiger partial charge in [0.1, 0.15) is 11.9 Å². The number of nitrogens with one attached hydrogen (secondary N) is 2. The lowest BCUT2D eigenvalue weighted by molar-refractivity contribution is 0.222. The number of hydrogen-bond donors (Lipinski definition) is 2. The van der Waals surface area contributed by atoms with Crippen molar-refractivity contribution in [2.75, 3.05) is 13.1 Å². The number of benzene rings is 1. The molecule has 0 amide bonds. The van der Waals surface area contributed by atoms with Gasteiger partial charge in [0.25, 0.3) is 0 Å². The van der Waals surface area contributed by atoms with Crippen molar-refractivity contribution in [3.05, 3.63) is 45.7 Å². The molecule has 0 saturated heterocycles. The summed E-state index contributed by atoms with van der Waals surface area (Å²) in [6.45, 7) is 10.2. The maximum absolute atomic E-state index is 5.97. The van der Waals surface area contributed by atoms with Gasteiger partial charge in [-0.25, -0.2) is 4.99 Å². The summed E-state index contributed by atoms with van der Waals surface area (Å²) in [5, 5.41) is 11.1. The topological polar surface area (TPSA) is 63.5 Å². The molecule has 1 unspecified atom stereocenters. The summed E-state index contributed by atoms with van der Waals surface area (Å²) in [5.74, 6) is 1.61. The van der Waals surface area contributed by atoms with Gasteiger partial charge in [0.2, 0.25) is 0 Å². The number of guanidine groups is 1. The molecule has 1 atom stereocenters. The molecule has 0 fully saturated rings. The van der Waals surface area contributed by atoms with Crippen LogP contribution in [0.4, 0.5) is 0 Å². The van der Waals surface area contributed by atoms with Crippen LogP contribution in [0.5, 0.6) is 5.75 Å². The molecule has 2 aromatic rings. The van der Waals surface area contributed by atoms with Gasteiger partial charge in [-0.1, -0.05) is 12.1 Å². The van der Waals surface area contributed by atoms with E-state index in [1.165, 1.54) is 5.56 Å². The monoisotopic (exact) mass is 549 g/mol. The fraction of sp³-hybridized carbons (Fsp3) is 0.474. The van der Waals surface area contributed by atoms with Crippen molar-refractivity contribution < 1.29 is 4.74 Å². The lowest BCUT2D eigenvalue weighted by Crippen LogP contribution is -2.41. The highest BCUT2D eigenvalue weighted by Crippen LogP contribution is 2.24. The molecule has 2 rings (SSSR count). The van der Waals surface area contributed by atoms with E-state index < -0.39 is 0 Å². The predicted octanol–water partition coefficient (Wildman–Crippen LogP) is 3.94. The molecule has 0 aliphatic rings. The lowest BCUT2D eigenvalue weighted by Gasteiger charge is -2.18. The Kier molecular flexibility index (Phi) is 10.1. The molecule has 8 heteroatoms. The highest BCUT2D eigenvalue weighted by molar-refractivity contribution is 14.0. The van der Waals surface area contributed by atoms with Gasteiger partial charge in [0.15, 0.2) is 5.96 Å². The number of rotatable bonds is 7. The Morgan fingerprint density at radius 2 is 2.00 bits per heavy atom. The van der Waals surface area contributed by atoms with E-state index in [1.54, 1.807) is 0 Å². The van der Waals surface area contributed by atoms with E-state index >= 15 is 0 Å². The molecule has 0 aliphatic heterocycles. The maximum atomic E-state index is 5.97.